The summed E-state index contributed by atoms with van der Waals surface area (Å²) in [4.78, 5) is 28.5. The fourth-order valence-electron chi connectivity index (χ4n) is 3.22. The van der Waals surface area contributed by atoms with E-state index in [1.807, 2.05) is 42.3 Å². The largest absolute Gasteiger partial charge is 0.341 e. The molecule has 2 unspecified atom stereocenters. The van der Waals surface area contributed by atoms with Gasteiger partial charge in [-0.05, 0) is 24.5 Å². The Morgan fingerprint density at radius 2 is 2.13 bits per heavy atom. The van der Waals surface area contributed by atoms with Crippen LogP contribution in [0, 0.1) is 5.92 Å². The van der Waals surface area contributed by atoms with Gasteiger partial charge in [0.1, 0.15) is 0 Å². The first-order chi connectivity index (χ1) is 11.1. The third kappa shape index (κ3) is 3.87. The predicted octanol–water partition coefficient (Wildman–Crippen LogP) is 1.27. The molecule has 1 aromatic rings. The Bertz CT molecular complexity index is 560. The highest BCUT2D eigenvalue weighted by molar-refractivity contribution is 7.99. The van der Waals surface area contributed by atoms with Crippen LogP contribution in [0.5, 0.6) is 0 Å². The molecule has 1 aromatic carbocycles. The van der Waals surface area contributed by atoms with Crippen LogP contribution < -0.4 is 5.32 Å². The van der Waals surface area contributed by atoms with Crippen molar-refractivity contribution in [2.75, 3.05) is 38.3 Å². The van der Waals surface area contributed by atoms with E-state index in [-0.39, 0.29) is 17.9 Å². The quantitative estimate of drug-likeness (QED) is 0.902. The second-order valence-electron chi connectivity index (χ2n) is 6.25. The number of hydrogen-bond acceptors (Lipinski definition) is 4. The van der Waals surface area contributed by atoms with E-state index in [2.05, 4.69) is 5.32 Å². The Hall–Kier alpha value is -1.53. The third-order valence-corrected chi connectivity index (χ3v) is 5.45. The van der Waals surface area contributed by atoms with Crippen molar-refractivity contribution in [2.45, 2.75) is 12.5 Å². The molecule has 0 bridgehead atoms. The van der Waals surface area contributed by atoms with Crippen LogP contribution in [0.4, 0.5) is 0 Å². The summed E-state index contributed by atoms with van der Waals surface area (Å²) in [5, 5.41) is 3.33. The van der Waals surface area contributed by atoms with Gasteiger partial charge in [-0.1, -0.05) is 18.2 Å². The van der Waals surface area contributed by atoms with Gasteiger partial charge in [0.25, 0.3) is 5.91 Å². The molecule has 2 atom stereocenters. The molecule has 3 rings (SSSR count). The van der Waals surface area contributed by atoms with Gasteiger partial charge in [0, 0.05) is 38.0 Å². The van der Waals surface area contributed by atoms with Gasteiger partial charge < -0.3 is 15.1 Å². The topological polar surface area (TPSA) is 52.7 Å². The lowest BCUT2D eigenvalue weighted by Crippen LogP contribution is -2.42. The first-order valence-electron chi connectivity index (χ1n) is 8.05. The Morgan fingerprint density at radius 1 is 1.35 bits per heavy atom. The fourth-order valence-corrected chi connectivity index (χ4v) is 4.17. The summed E-state index contributed by atoms with van der Waals surface area (Å²) >= 11 is 1.81. The maximum Gasteiger partial charge on any atom is 0.253 e. The van der Waals surface area contributed by atoms with E-state index in [0.717, 1.165) is 31.1 Å². The first kappa shape index (κ1) is 16.3. The lowest BCUT2D eigenvalue weighted by molar-refractivity contribution is -0.131. The Balaban J connectivity index is 1.51. The third-order valence-electron chi connectivity index (χ3n) is 4.48. The first-order valence-corrected chi connectivity index (χ1v) is 9.21. The van der Waals surface area contributed by atoms with Gasteiger partial charge in [-0.15, -0.1) is 11.8 Å². The van der Waals surface area contributed by atoms with Crippen molar-refractivity contribution in [3.8, 4) is 0 Å². The number of nitrogens with one attached hydrogen (secondary N) is 1. The van der Waals surface area contributed by atoms with Gasteiger partial charge in [0.2, 0.25) is 5.91 Å². The number of rotatable bonds is 4. The van der Waals surface area contributed by atoms with Crippen molar-refractivity contribution in [1.29, 1.82) is 0 Å². The standard InChI is InChI=1S/C17H23N3O2S/c1-19(16(21)14-5-3-2-4-6-14)11-13-9-15(18-10-13)17(22)20-7-8-23-12-20/h2-6,13,15,18H,7-12H2,1H3. The van der Waals surface area contributed by atoms with Crippen LogP contribution in [-0.4, -0.2) is 66.0 Å². The molecule has 1 N–H and O–H groups in total. The summed E-state index contributed by atoms with van der Waals surface area (Å²) in [5.74, 6) is 2.44. The molecule has 0 aliphatic carbocycles. The Labute approximate surface area is 141 Å². The average Bonchev–Trinajstić information content (AvgIpc) is 3.26. The van der Waals surface area contributed by atoms with Gasteiger partial charge in [0.05, 0.1) is 11.9 Å². The van der Waals surface area contributed by atoms with Gasteiger partial charge in [-0.3, -0.25) is 9.59 Å². The molecular formula is C17H23N3O2S. The monoisotopic (exact) mass is 333 g/mol. The summed E-state index contributed by atoms with van der Waals surface area (Å²) in [5.41, 5.74) is 0.711. The number of carbonyl (C=O) groups is 2. The van der Waals surface area contributed by atoms with Crippen molar-refractivity contribution in [2.24, 2.45) is 5.92 Å². The molecule has 2 fully saturated rings. The lowest BCUT2D eigenvalue weighted by atomic mass is 10.0. The molecule has 2 heterocycles. The zero-order valence-electron chi connectivity index (χ0n) is 13.4. The molecule has 2 aliphatic rings. The molecule has 2 aliphatic heterocycles. The second kappa shape index (κ2) is 7.36. The maximum absolute atomic E-state index is 12.4. The molecule has 0 radical (unpaired) electrons. The lowest BCUT2D eigenvalue weighted by Gasteiger charge is -2.22. The minimum Gasteiger partial charge on any atom is -0.341 e. The molecule has 2 amide bonds. The molecule has 124 valence electrons. The maximum atomic E-state index is 12.4. The van der Waals surface area contributed by atoms with E-state index >= 15 is 0 Å². The molecule has 5 nitrogen and oxygen atoms in total. The van der Waals surface area contributed by atoms with Crippen molar-refractivity contribution in [1.82, 2.24) is 15.1 Å². The van der Waals surface area contributed by atoms with Gasteiger partial charge >= 0.3 is 0 Å². The van der Waals surface area contributed by atoms with Crippen LogP contribution in [0.25, 0.3) is 0 Å². The zero-order valence-corrected chi connectivity index (χ0v) is 14.2. The summed E-state index contributed by atoms with van der Waals surface area (Å²) in [6, 6.07) is 9.25. The summed E-state index contributed by atoms with van der Waals surface area (Å²) in [6.07, 6.45) is 0.812. The highest BCUT2D eigenvalue weighted by Crippen LogP contribution is 2.21. The molecule has 6 heteroatoms. The van der Waals surface area contributed by atoms with Crippen molar-refractivity contribution >= 4 is 23.6 Å². The van der Waals surface area contributed by atoms with Crippen molar-refractivity contribution in [3.63, 3.8) is 0 Å². The van der Waals surface area contributed by atoms with E-state index < -0.39 is 0 Å². The highest BCUT2D eigenvalue weighted by Gasteiger charge is 2.34. The Morgan fingerprint density at radius 3 is 2.83 bits per heavy atom. The summed E-state index contributed by atoms with van der Waals surface area (Å²) in [6.45, 7) is 2.34. The SMILES string of the molecule is CN(CC1CNC(C(=O)N2CCSC2)C1)C(=O)c1ccccc1. The van der Waals surface area contributed by atoms with Crippen LogP contribution in [0.1, 0.15) is 16.8 Å². The molecule has 2 saturated heterocycles. The Kier molecular flexibility index (Phi) is 5.23. The second-order valence-corrected chi connectivity index (χ2v) is 7.33. The molecular weight excluding hydrogens is 310 g/mol. The summed E-state index contributed by atoms with van der Waals surface area (Å²) in [7, 11) is 1.83. The van der Waals surface area contributed by atoms with E-state index in [1.165, 1.54) is 0 Å². The number of amides is 2. The van der Waals surface area contributed by atoms with E-state index in [9.17, 15) is 9.59 Å². The normalized spacial score (nSPS) is 24.0. The molecule has 0 aromatic heterocycles. The van der Waals surface area contributed by atoms with Crippen LogP contribution in [-0.2, 0) is 4.79 Å². The van der Waals surface area contributed by atoms with Gasteiger partial charge in [0.15, 0.2) is 0 Å². The van der Waals surface area contributed by atoms with E-state index in [4.69, 9.17) is 0 Å². The minimum absolute atomic E-state index is 0.0383. The van der Waals surface area contributed by atoms with Crippen LogP contribution in [0.2, 0.25) is 0 Å². The van der Waals surface area contributed by atoms with E-state index in [0.29, 0.717) is 18.0 Å². The zero-order chi connectivity index (χ0) is 16.2. The van der Waals surface area contributed by atoms with Crippen LogP contribution in [0.15, 0.2) is 30.3 Å². The number of thioether (sulfide) groups is 1. The van der Waals surface area contributed by atoms with Gasteiger partial charge in [-0.2, -0.15) is 0 Å². The molecule has 0 saturated carbocycles. The minimum atomic E-state index is -0.0843. The average molecular weight is 333 g/mol. The highest BCUT2D eigenvalue weighted by atomic mass is 32.2. The predicted molar refractivity (Wildman–Crippen MR) is 92.3 cm³/mol. The van der Waals surface area contributed by atoms with Crippen LogP contribution >= 0.6 is 11.8 Å². The van der Waals surface area contributed by atoms with Gasteiger partial charge in [-0.25, -0.2) is 0 Å². The number of hydrogen-bond donors (Lipinski definition) is 1. The number of nitrogens with zero attached hydrogens (tertiary/aromatic N) is 2. The van der Waals surface area contributed by atoms with Crippen molar-refractivity contribution in [3.05, 3.63) is 35.9 Å². The number of carbonyl (C=O) groups excluding carboxylic acids is 2. The number of benzene rings is 1. The smallest absolute Gasteiger partial charge is 0.253 e. The fraction of sp³-hybridized carbons (Fsp3) is 0.529. The van der Waals surface area contributed by atoms with E-state index in [1.54, 1.807) is 16.7 Å². The van der Waals surface area contributed by atoms with Crippen LogP contribution in [0.3, 0.4) is 0 Å². The van der Waals surface area contributed by atoms with Crippen molar-refractivity contribution < 1.29 is 9.59 Å². The molecule has 23 heavy (non-hydrogen) atoms. The summed E-state index contributed by atoms with van der Waals surface area (Å²) < 4.78 is 0. The molecule has 0 spiro atoms.